The van der Waals surface area contributed by atoms with Crippen molar-refractivity contribution >= 4 is 23.2 Å². The Morgan fingerprint density at radius 3 is 2.25 bits per heavy atom. The molecule has 2 aromatic rings. The first-order valence-corrected chi connectivity index (χ1v) is 8.19. The van der Waals surface area contributed by atoms with Gasteiger partial charge in [0.25, 0.3) is 5.91 Å². The molecule has 24 heavy (non-hydrogen) atoms. The van der Waals surface area contributed by atoms with E-state index in [4.69, 9.17) is 0 Å². The molecule has 0 aliphatic heterocycles. The van der Waals surface area contributed by atoms with Crippen molar-refractivity contribution < 1.29 is 9.59 Å². The normalized spacial score (nSPS) is 10.8. The van der Waals surface area contributed by atoms with Crippen LogP contribution in [0.5, 0.6) is 0 Å². The second-order valence-electron chi connectivity index (χ2n) is 6.42. The van der Waals surface area contributed by atoms with Crippen LogP contribution in [-0.4, -0.2) is 11.8 Å². The van der Waals surface area contributed by atoms with Gasteiger partial charge in [-0.1, -0.05) is 52.0 Å². The van der Waals surface area contributed by atoms with Gasteiger partial charge in [-0.2, -0.15) is 0 Å². The predicted molar refractivity (Wildman–Crippen MR) is 98.4 cm³/mol. The Bertz CT molecular complexity index is 736. The molecular formula is C20H24N2O2. The van der Waals surface area contributed by atoms with Crippen LogP contribution in [0, 0.1) is 5.92 Å². The third-order valence-electron chi connectivity index (χ3n) is 3.75. The molecule has 0 atom stereocenters. The molecule has 0 aliphatic rings. The van der Waals surface area contributed by atoms with Gasteiger partial charge < -0.3 is 10.6 Å². The van der Waals surface area contributed by atoms with Crippen LogP contribution in [0.3, 0.4) is 0 Å². The molecule has 0 fully saturated rings. The van der Waals surface area contributed by atoms with E-state index in [1.807, 2.05) is 38.1 Å². The fourth-order valence-corrected chi connectivity index (χ4v) is 2.33. The van der Waals surface area contributed by atoms with E-state index in [1.54, 1.807) is 24.3 Å². The molecule has 4 heteroatoms. The molecule has 0 aliphatic carbocycles. The summed E-state index contributed by atoms with van der Waals surface area (Å²) in [6, 6.07) is 14.7. The zero-order chi connectivity index (χ0) is 17.7. The average molecular weight is 324 g/mol. The summed E-state index contributed by atoms with van der Waals surface area (Å²) in [5.41, 5.74) is 3.04. The molecule has 2 aromatic carbocycles. The quantitative estimate of drug-likeness (QED) is 0.840. The molecule has 0 saturated carbocycles. The van der Waals surface area contributed by atoms with E-state index in [0.717, 1.165) is 11.3 Å². The van der Waals surface area contributed by atoms with Crippen molar-refractivity contribution in [2.24, 2.45) is 5.92 Å². The molecule has 0 radical (unpaired) electrons. The van der Waals surface area contributed by atoms with Crippen molar-refractivity contribution in [2.45, 2.75) is 33.6 Å². The zero-order valence-corrected chi connectivity index (χ0v) is 14.6. The first kappa shape index (κ1) is 17.7. The Kier molecular flexibility index (Phi) is 5.74. The fraction of sp³-hybridized carbons (Fsp3) is 0.300. The van der Waals surface area contributed by atoms with Gasteiger partial charge in [0.05, 0.1) is 0 Å². The summed E-state index contributed by atoms with van der Waals surface area (Å²) >= 11 is 0. The topological polar surface area (TPSA) is 58.2 Å². The van der Waals surface area contributed by atoms with E-state index in [-0.39, 0.29) is 17.7 Å². The highest BCUT2D eigenvalue weighted by Crippen LogP contribution is 2.24. The van der Waals surface area contributed by atoms with Gasteiger partial charge in [0, 0.05) is 22.9 Å². The molecule has 0 bridgehead atoms. The number of carbonyl (C=O) groups excluding carboxylic acids is 2. The van der Waals surface area contributed by atoms with Crippen LogP contribution in [0.1, 0.15) is 49.5 Å². The monoisotopic (exact) mass is 324 g/mol. The summed E-state index contributed by atoms with van der Waals surface area (Å²) in [6.07, 6.45) is 0. The van der Waals surface area contributed by atoms with Gasteiger partial charge in [-0.25, -0.2) is 0 Å². The van der Waals surface area contributed by atoms with Gasteiger partial charge in [-0.3, -0.25) is 9.59 Å². The molecular weight excluding hydrogens is 300 g/mol. The van der Waals surface area contributed by atoms with Gasteiger partial charge in [0.1, 0.15) is 0 Å². The van der Waals surface area contributed by atoms with Gasteiger partial charge in [0.15, 0.2) is 0 Å². The molecule has 0 spiro atoms. The van der Waals surface area contributed by atoms with E-state index in [0.29, 0.717) is 17.2 Å². The van der Waals surface area contributed by atoms with Crippen LogP contribution in [0.15, 0.2) is 48.5 Å². The molecule has 0 unspecified atom stereocenters. The molecule has 0 saturated heterocycles. The van der Waals surface area contributed by atoms with E-state index in [2.05, 4.69) is 24.5 Å². The fourth-order valence-electron chi connectivity index (χ4n) is 2.33. The van der Waals surface area contributed by atoms with Crippen molar-refractivity contribution in [2.75, 3.05) is 10.6 Å². The third-order valence-corrected chi connectivity index (χ3v) is 3.75. The lowest BCUT2D eigenvalue weighted by Crippen LogP contribution is -2.18. The summed E-state index contributed by atoms with van der Waals surface area (Å²) in [5.74, 6) is -0.0555. The number of benzene rings is 2. The van der Waals surface area contributed by atoms with Crippen molar-refractivity contribution in [3.8, 4) is 0 Å². The number of carbonyl (C=O) groups is 2. The number of rotatable bonds is 5. The second-order valence-corrected chi connectivity index (χ2v) is 6.42. The first-order chi connectivity index (χ1) is 11.4. The Balaban J connectivity index is 2.18. The maximum atomic E-state index is 12.5. The number of para-hydroxylation sites is 1. The maximum Gasteiger partial charge on any atom is 0.255 e. The van der Waals surface area contributed by atoms with Gasteiger partial charge >= 0.3 is 0 Å². The number of hydrogen-bond acceptors (Lipinski definition) is 2. The Morgan fingerprint density at radius 2 is 1.58 bits per heavy atom. The van der Waals surface area contributed by atoms with Crippen LogP contribution in [-0.2, 0) is 4.79 Å². The average Bonchev–Trinajstić information content (AvgIpc) is 2.55. The van der Waals surface area contributed by atoms with Gasteiger partial charge in [-0.05, 0) is 35.7 Å². The summed E-state index contributed by atoms with van der Waals surface area (Å²) in [5, 5.41) is 5.77. The van der Waals surface area contributed by atoms with E-state index in [1.165, 1.54) is 0 Å². The summed E-state index contributed by atoms with van der Waals surface area (Å²) in [6.45, 7) is 7.84. The standard InChI is InChI=1S/C20H24N2O2/c1-13(2)17-10-5-6-11-18(17)22-20(24)15-8-7-9-16(12-15)21-19(23)14(3)4/h5-14H,1-4H3,(H,21,23)(H,22,24). The van der Waals surface area contributed by atoms with E-state index < -0.39 is 0 Å². The zero-order valence-electron chi connectivity index (χ0n) is 14.6. The minimum Gasteiger partial charge on any atom is -0.326 e. The molecule has 126 valence electrons. The maximum absolute atomic E-state index is 12.5. The molecule has 2 amide bonds. The lowest BCUT2D eigenvalue weighted by atomic mass is 10.0. The number of amides is 2. The minimum absolute atomic E-state index is 0.0716. The summed E-state index contributed by atoms with van der Waals surface area (Å²) < 4.78 is 0. The van der Waals surface area contributed by atoms with Gasteiger partial charge in [-0.15, -0.1) is 0 Å². The second kappa shape index (κ2) is 7.77. The lowest BCUT2D eigenvalue weighted by Gasteiger charge is -2.14. The van der Waals surface area contributed by atoms with E-state index >= 15 is 0 Å². The van der Waals surface area contributed by atoms with Crippen LogP contribution >= 0.6 is 0 Å². The minimum atomic E-state index is -0.191. The highest BCUT2D eigenvalue weighted by Gasteiger charge is 2.12. The Hall–Kier alpha value is -2.62. The highest BCUT2D eigenvalue weighted by molar-refractivity contribution is 6.05. The highest BCUT2D eigenvalue weighted by atomic mass is 16.2. The molecule has 4 nitrogen and oxygen atoms in total. The smallest absolute Gasteiger partial charge is 0.255 e. The summed E-state index contributed by atoms with van der Waals surface area (Å²) in [4.78, 5) is 24.3. The molecule has 0 aromatic heterocycles. The Labute approximate surface area is 143 Å². The number of anilines is 2. The van der Waals surface area contributed by atoms with Crippen LogP contribution in [0.25, 0.3) is 0 Å². The molecule has 2 rings (SSSR count). The number of hydrogen-bond donors (Lipinski definition) is 2. The lowest BCUT2D eigenvalue weighted by molar-refractivity contribution is -0.118. The summed E-state index contributed by atoms with van der Waals surface area (Å²) in [7, 11) is 0. The molecule has 2 N–H and O–H groups in total. The largest absolute Gasteiger partial charge is 0.326 e. The van der Waals surface area contributed by atoms with E-state index in [9.17, 15) is 9.59 Å². The first-order valence-electron chi connectivity index (χ1n) is 8.19. The van der Waals surface area contributed by atoms with Crippen LogP contribution < -0.4 is 10.6 Å². The van der Waals surface area contributed by atoms with Crippen molar-refractivity contribution in [3.05, 3.63) is 59.7 Å². The van der Waals surface area contributed by atoms with Crippen molar-refractivity contribution in [1.29, 1.82) is 0 Å². The predicted octanol–water partition coefficient (Wildman–Crippen LogP) is 4.66. The third kappa shape index (κ3) is 4.44. The Morgan fingerprint density at radius 1 is 0.875 bits per heavy atom. The van der Waals surface area contributed by atoms with Crippen LogP contribution in [0.4, 0.5) is 11.4 Å². The van der Waals surface area contributed by atoms with Crippen LogP contribution in [0.2, 0.25) is 0 Å². The van der Waals surface area contributed by atoms with Crippen molar-refractivity contribution in [3.63, 3.8) is 0 Å². The SMILES string of the molecule is CC(C)C(=O)Nc1cccc(C(=O)Nc2ccccc2C(C)C)c1. The molecule has 0 heterocycles. The van der Waals surface area contributed by atoms with Crippen molar-refractivity contribution in [1.82, 2.24) is 0 Å². The van der Waals surface area contributed by atoms with Gasteiger partial charge in [0.2, 0.25) is 5.91 Å². The number of nitrogens with one attached hydrogen (secondary N) is 2.